The van der Waals surface area contributed by atoms with Crippen LogP contribution in [0.4, 0.5) is 16.2 Å². The number of aryl methyl sites for hydroxylation is 2. The zero-order valence-electron chi connectivity index (χ0n) is 11.2. The highest BCUT2D eigenvalue weighted by molar-refractivity contribution is 5.43. The van der Waals surface area contributed by atoms with Crippen molar-refractivity contribution < 1.29 is 4.39 Å². The Bertz CT molecular complexity index is 578. The lowest BCUT2D eigenvalue weighted by Crippen LogP contribution is -2.10. The van der Waals surface area contributed by atoms with Crippen molar-refractivity contribution in [2.75, 3.05) is 11.1 Å². The monoisotopic (exact) mass is 260 g/mol. The fraction of sp³-hybridized carbons (Fsp3) is 0.286. The average molecular weight is 260 g/mol. The molecule has 19 heavy (non-hydrogen) atoms. The molecule has 0 aliphatic rings. The summed E-state index contributed by atoms with van der Waals surface area (Å²) in [6.45, 7) is 5.53. The molecule has 2 rings (SSSR count). The molecule has 0 spiro atoms. The van der Waals surface area contributed by atoms with Crippen LogP contribution < -0.4 is 11.1 Å². The summed E-state index contributed by atoms with van der Waals surface area (Å²) in [7, 11) is 0. The SMILES string of the molecule is Cc1cc(NC(C)c2ccc(C)c(F)c2)nc(N)n1. The van der Waals surface area contributed by atoms with E-state index in [1.54, 1.807) is 19.1 Å². The summed E-state index contributed by atoms with van der Waals surface area (Å²) in [4.78, 5) is 8.11. The summed E-state index contributed by atoms with van der Waals surface area (Å²) in [6, 6.07) is 6.93. The maximum atomic E-state index is 13.5. The molecule has 5 heteroatoms. The van der Waals surface area contributed by atoms with Gasteiger partial charge in [0.05, 0.1) is 6.04 Å². The molecular formula is C14H17FN4. The molecule has 2 aromatic rings. The van der Waals surface area contributed by atoms with Crippen LogP contribution in [-0.4, -0.2) is 9.97 Å². The van der Waals surface area contributed by atoms with Crippen LogP contribution in [0.2, 0.25) is 0 Å². The largest absolute Gasteiger partial charge is 0.368 e. The Kier molecular flexibility index (Phi) is 3.64. The number of aromatic nitrogens is 2. The highest BCUT2D eigenvalue weighted by Gasteiger charge is 2.09. The Morgan fingerprint density at radius 2 is 1.95 bits per heavy atom. The normalized spacial score (nSPS) is 12.2. The van der Waals surface area contributed by atoms with Crippen LogP contribution in [0.3, 0.4) is 0 Å². The number of rotatable bonds is 3. The minimum Gasteiger partial charge on any atom is -0.368 e. The number of hydrogen-bond acceptors (Lipinski definition) is 4. The maximum absolute atomic E-state index is 13.5. The van der Waals surface area contributed by atoms with E-state index in [-0.39, 0.29) is 17.8 Å². The van der Waals surface area contributed by atoms with Crippen molar-refractivity contribution >= 4 is 11.8 Å². The van der Waals surface area contributed by atoms with Crippen LogP contribution in [-0.2, 0) is 0 Å². The molecule has 4 nitrogen and oxygen atoms in total. The summed E-state index contributed by atoms with van der Waals surface area (Å²) < 4.78 is 13.5. The van der Waals surface area contributed by atoms with Gasteiger partial charge in [0.25, 0.3) is 0 Å². The Morgan fingerprint density at radius 1 is 1.21 bits per heavy atom. The molecule has 1 aromatic carbocycles. The van der Waals surface area contributed by atoms with Crippen molar-refractivity contribution in [1.82, 2.24) is 9.97 Å². The summed E-state index contributed by atoms with van der Waals surface area (Å²) in [5, 5.41) is 3.19. The first-order chi connectivity index (χ1) is 8.95. The van der Waals surface area contributed by atoms with Crippen LogP contribution in [0.15, 0.2) is 24.3 Å². The molecule has 1 heterocycles. The van der Waals surface area contributed by atoms with E-state index in [2.05, 4.69) is 15.3 Å². The summed E-state index contributed by atoms with van der Waals surface area (Å²) in [6.07, 6.45) is 0. The molecule has 0 bridgehead atoms. The zero-order valence-corrected chi connectivity index (χ0v) is 11.2. The Hall–Kier alpha value is -2.17. The van der Waals surface area contributed by atoms with Gasteiger partial charge in [-0.1, -0.05) is 12.1 Å². The molecule has 1 atom stereocenters. The van der Waals surface area contributed by atoms with Gasteiger partial charge in [-0.05, 0) is 38.0 Å². The number of nitrogens with one attached hydrogen (secondary N) is 1. The van der Waals surface area contributed by atoms with E-state index >= 15 is 0 Å². The van der Waals surface area contributed by atoms with Crippen LogP contribution in [0, 0.1) is 19.7 Å². The first kappa shape index (κ1) is 13.3. The minimum absolute atomic E-state index is 0.0659. The van der Waals surface area contributed by atoms with Crippen molar-refractivity contribution in [2.24, 2.45) is 0 Å². The van der Waals surface area contributed by atoms with Crippen molar-refractivity contribution in [1.29, 1.82) is 0 Å². The van der Waals surface area contributed by atoms with Crippen molar-refractivity contribution in [3.8, 4) is 0 Å². The highest BCUT2D eigenvalue weighted by Crippen LogP contribution is 2.20. The second-order valence-electron chi connectivity index (χ2n) is 4.63. The fourth-order valence-electron chi connectivity index (χ4n) is 1.85. The first-order valence-electron chi connectivity index (χ1n) is 6.09. The molecule has 0 saturated carbocycles. The topological polar surface area (TPSA) is 63.8 Å². The Labute approximate surface area is 111 Å². The number of nitrogens with zero attached hydrogens (tertiary/aromatic N) is 2. The lowest BCUT2D eigenvalue weighted by Gasteiger charge is -2.16. The third kappa shape index (κ3) is 3.19. The Morgan fingerprint density at radius 3 is 2.58 bits per heavy atom. The molecule has 1 aromatic heterocycles. The number of anilines is 2. The summed E-state index contributed by atoms with van der Waals surface area (Å²) in [5.41, 5.74) is 7.88. The van der Waals surface area contributed by atoms with E-state index in [9.17, 15) is 4.39 Å². The number of nitrogen functional groups attached to an aromatic ring is 1. The third-order valence-corrected chi connectivity index (χ3v) is 2.93. The molecule has 1 unspecified atom stereocenters. The molecule has 0 aliphatic carbocycles. The molecule has 0 saturated heterocycles. The molecule has 0 fully saturated rings. The van der Waals surface area contributed by atoms with Gasteiger partial charge in [-0.3, -0.25) is 0 Å². The zero-order chi connectivity index (χ0) is 14.0. The van der Waals surface area contributed by atoms with E-state index in [1.165, 1.54) is 6.07 Å². The number of halogens is 1. The summed E-state index contributed by atoms with van der Waals surface area (Å²) in [5.74, 6) is 0.660. The van der Waals surface area contributed by atoms with E-state index in [0.717, 1.165) is 11.3 Å². The molecule has 100 valence electrons. The van der Waals surface area contributed by atoms with E-state index in [4.69, 9.17) is 5.73 Å². The van der Waals surface area contributed by atoms with Crippen molar-refractivity contribution in [3.05, 3.63) is 46.9 Å². The van der Waals surface area contributed by atoms with Gasteiger partial charge < -0.3 is 11.1 Å². The molecular weight excluding hydrogens is 243 g/mol. The summed E-state index contributed by atoms with van der Waals surface area (Å²) >= 11 is 0. The van der Waals surface area contributed by atoms with Crippen LogP contribution >= 0.6 is 0 Å². The number of nitrogens with two attached hydrogens (primary N) is 1. The van der Waals surface area contributed by atoms with Gasteiger partial charge in [0, 0.05) is 11.8 Å². The van der Waals surface area contributed by atoms with Gasteiger partial charge in [-0.25, -0.2) is 9.37 Å². The molecule has 0 aliphatic heterocycles. The molecule has 0 amide bonds. The van der Waals surface area contributed by atoms with E-state index in [0.29, 0.717) is 11.4 Å². The van der Waals surface area contributed by atoms with Gasteiger partial charge in [-0.15, -0.1) is 0 Å². The second kappa shape index (κ2) is 5.22. The predicted octanol–water partition coefficient (Wildman–Crippen LogP) is 2.99. The standard InChI is InChI=1S/C14H17FN4/c1-8-4-5-11(7-12(8)15)10(3)18-13-6-9(2)17-14(16)19-13/h4-7,10H,1-3H3,(H3,16,17,18,19). The van der Waals surface area contributed by atoms with Gasteiger partial charge in [-0.2, -0.15) is 4.98 Å². The number of hydrogen-bond donors (Lipinski definition) is 2. The van der Waals surface area contributed by atoms with Gasteiger partial charge >= 0.3 is 0 Å². The highest BCUT2D eigenvalue weighted by atomic mass is 19.1. The maximum Gasteiger partial charge on any atom is 0.222 e. The third-order valence-electron chi connectivity index (χ3n) is 2.93. The average Bonchev–Trinajstić information content (AvgIpc) is 2.31. The van der Waals surface area contributed by atoms with Gasteiger partial charge in [0.1, 0.15) is 11.6 Å². The van der Waals surface area contributed by atoms with Gasteiger partial charge in [0.2, 0.25) is 5.95 Å². The van der Waals surface area contributed by atoms with Crippen LogP contribution in [0.25, 0.3) is 0 Å². The number of benzene rings is 1. The second-order valence-corrected chi connectivity index (χ2v) is 4.63. The van der Waals surface area contributed by atoms with E-state index in [1.807, 2.05) is 19.9 Å². The van der Waals surface area contributed by atoms with Crippen molar-refractivity contribution in [2.45, 2.75) is 26.8 Å². The smallest absolute Gasteiger partial charge is 0.222 e. The molecule has 0 radical (unpaired) electrons. The Balaban J connectivity index is 2.20. The first-order valence-corrected chi connectivity index (χ1v) is 6.09. The lowest BCUT2D eigenvalue weighted by molar-refractivity contribution is 0.614. The van der Waals surface area contributed by atoms with Crippen LogP contribution in [0.1, 0.15) is 29.8 Å². The quantitative estimate of drug-likeness (QED) is 0.890. The van der Waals surface area contributed by atoms with Crippen molar-refractivity contribution in [3.63, 3.8) is 0 Å². The van der Waals surface area contributed by atoms with Gasteiger partial charge in [0.15, 0.2) is 0 Å². The predicted molar refractivity (Wildman–Crippen MR) is 74.4 cm³/mol. The fourth-order valence-corrected chi connectivity index (χ4v) is 1.85. The van der Waals surface area contributed by atoms with E-state index < -0.39 is 0 Å². The molecule has 3 N–H and O–H groups in total. The van der Waals surface area contributed by atoms with Crippen LogP contribution in [0.5, 0.6) is 0 Å². The lowest BCUT2D eigenvalue weighted by atomic mass is 10.1. The minimum atomic E-state index is -0.204.